The summed E-state index contributed by atoms with van der Waals surface area (Å²) < 4.78 is 5.78. The van der Waals surface area contributed by atoms with E-state index in [0.717, 1.165) is 0 Å². The third-order valence-electron chi connectivity index (χ3n) is 13.6. The summed E-state index contributed by atoms with van der Waals surface area (Å²) in [5.74, 6) is -10.1. The third kappa shape index (κ3) is 22.6. The fourth-order valence-corrected chi connectivity index (χ4v) is 8.60. The number of cyclic esters (lactones) is 1. The standard InChI is InChI=1S/C54H92N12O12/c1-11-32(9)42-27-43(68)58-35(18-21-55)47(70)66-45(33(10)12-2)53(76)60-36(19-22-56)46(69)62-40(26-34-16-14-13-15-17-34)51(74)61-38(24-29(3)4)49(72)59-37(20-23-57)48(71)65-44(31(7)8)52(75)63-39(25-30(5)6)50(73)64-41(28-67)54(77)78-42/h13-17,29-33,35-42,44-45,67H,11-12,18-28,55-57H2,1-10H3,(H,58,68)(H,59,72)(H,60,76)(H,61,74)(H,62,69)(H,63,75)(H,64,73)(H,65,71)(H,66,70)/t32-,33-,35-,36-,37-,38-,39-,40+,41-,42-,44+,45-/m0/s1. The summed E-state index contributed by atoms with van der Waals surface area (Å²) in [6.45, 7) is 16.4. The van der Waals surface area contributed by atoms with E-state index < -0.39 is 150 Å². The van der Waals surface area contributed by atoms with Gasteiger partial charge in [-0.15, -0.1) is 0 Å². The molecule has 1 fully saturated rings. The van der Waals surface area contributed by atoms with Gasteiger partial charge in [-0.1, -0.05) is 112 Å². The monoisotopic (exact) mass is 1100 g/mol. The molecule has 1 aliphatic rings. The minimum atomic E-state index is -1.65. The Morgan fingerprint density at radius 3 is 1.33 bits per heavy atom. The molecule has 1 saturated heterocycles. The van der Waals surface area contributed by atoms with Crippen LogP contribution in [0, 0.1) is 29.6 Å². The number of amides is 9. The quantitative estimate of drug-likeness (QED) is 0.0767. The van der Waals surface area contributed by atoms with Gasteiger partial charge in [0, 0.05) is 6.42 Å². The number of hydrogen-bond acceptors (Lipinski definition) is 15. The van der Waals surface area contributed by atoms with Crippen LogP contribution in [-0.2, 0) is 59.1 Å². The second-order valence-electron chi connectivity index (χ2n) is 21.5. The fraction of sp³-hybridized carbons (Fsp3) is 0.704. The number of carbonyl (C=O) groups is 10. The first-order valence-electron chi connectivity index (χ1n) is 27.5. The molecule has 9 amide bonds. The maximum absolute atomic E-state index is 14.5. The second kappa shape index (κ2) is 34.6. The van der Waals surface area contributed by atoms with Crippen molar-refractivity contribution in [2.75, 3.05) is 26.2 Å². The summed E-state index contributed by atoms with van der Waals surface area (Å²) in [5.41, 5.74) is 18.5. The summed E-state index contributed by atoms with van der Waals surface area (Å²) in [5, 5.41) is 34.5. The Morgan fingerprint density at radius 2 is 0.872 bits per heavy atom. The molecule has 0 aliphatic carbocycles. The van der Waals surface area contributed by atoms with Crippen LogP contribution >= 0.6 is 0 Å². The predicted octanol–water partition coefficient (Wildman–Crippen LogP) is -1.21. The molecule has 0 aromatic heterocycles. The Morgan fingerprint density at radius 1 is 0.487 bits per heavy atom. The van der Waals surface area contributed by atoms with Crippen LogP contribution in [0.1, 0.15) is 126 Å². The molecule has 0 saturated carbocycles. The zero-order chi connectivity index (χ0) is 58.8. The zero-order valence-corrected chi connectivity index (χ0v) is 47.4. The average molecular weight is 1100 g/mol. The smallest absolute Gasteiger partial charge is 0.331 e. The number of benzene rings is 1. The molecule has 440 valence electrons. The van der Waals surface area contributed by atoms with Crippen LogP contribution in [0.5, 0.6) is 0 Å². The van der Waals surface area contributed by atoms with Gasteiger partial charge in [-0.25, -0.2) is 4.79 Å². The van der Waals surface area contributed by atoms with Crippen LogP contribution < -0.4 is 65.1 Å². The van der Waals surface area contributed by atoms with Crippen molar-refractivity contribution >= 4 is 59.1 Å². The number of rotatable bonds is 18. The molecule has 1 heterocycles. The number of nitrogens with one attached hydrogen (secondary N) is 9. The van der Waals surface area contributed by atoms with Gasteiger partial charge in [0.15, 0.2) is 6.04 Å². The Hall–Kier alpha value is -6.24. The third-order valence-corrected chi connectivity index (χ3v) is 13.6. The van der Waals surface area contributed by atoms with Gasteiger partial charge in [0.2, 0.25) is 53.2 Å². The van der Waals surface area contributed by atoms with Crippen LogP contribution in [0.15, 0.2) is 30.3 Å². The van der Waals surface area contributed by atoms with Gasteiger partial charge >= 0.3 is 5.97 Å². The molecule has 0 unspecified atom stereocenters. The molecule has 2 rings (SSSR count). The largest absolute Gasteiger partial charge is 0.460 e. The number of hydrogen-bond donors (Lipinski definition) is 13. The summed E-state index contributed by atoms with van der Waals surface area (Å²) in [6.07, 6.45) is -0.988. The van der Waals surface area contributed by atoms with E-state index in [2.05, 4.69) is 47.9 Å². The maximum Gasteiger partial charge on any atom is 0.331 e. The minimum Gasteiger partial charge on any atom is -0.460 e. The van der Waals surface area contributed by atoms with Gasteiger partial charge in [-0.2, -0.15) is 0 Å². The summed E-state index contributed by atoms with van der Waals surface area (Å²) in [6, 6.07) is -3.27. The second-order valence-corrected chi connectivity index (χ2v) is 21.5. The van der Waals surface area contributed by atoms with Gasteiger partial charge in [0.1, 0.15) is 54.4 Å². The summed E-state index contributed by atoms with van der Waals surface area (Å²) in [7, 11) is 0. The van der Waals surface area contributed by atoms with Crippen molar-refractivity contribution < 1.29 is 57.8 Å². The molecule has 1 aromatic rings. The van der Waals surface area contributed by atoms with Crippen molar-refractivity contribution in [1.29, 1.82) is 0 Å². The van der Waals surface area contributed by atoms with E-state index in [4.69, 9.17) is 21.9 Å². The zero-order valence-electron chi connectivity index (χ0n) is 47.4. The molecule has 0 spiro atoms. The van der Waals surface area contributed by atoms with E-state index in [1.54, 1.807) is 85.7 Å². The lowest BCUT2D eigenvalue weighted by molar-refractivity contribution is -0.158. The molecule has 24 heteroatoms. The van der Waals surface area contributed by atoms with Gasteiger partial charge in [0.05, 0.1) is 13.0 Å². The number of aliphatic hydroxyl groups excluding tert-OH is 1. The highest BCUT2D eigenvalue weighted by Crippen LogP contribution is 2.18. The highest BCUT2D eigenvalue weighted by Gasteiger charge is 2.38. The average Bonchev–Trinajstić information content (AvgIpc) is 3.38. The first kappa shape index (κ1) is 67.9. The van der Waals surface area contributed by atoms with Crippen molar-refractivity contribution in [3.05, 3.63) is 35.9 Å². The first-order chi connectivity index (χ1) is 36.8. The topological polar surface area (TPSA) is 386 Å². The highest BCUT2D eigenvalue weighted by atomic mass is 16.5. The van der Waals surface area contributed by atoms with E-state index in [-0.39, 0.29) is 70.0 Å². The van der Waals surface area contributed by atoms with Crippen LogP contribution in [0.3, 0.4) is 0 Å². The summed E-state index contributed by atoms with van der Waals surface area (Å²) >= 11 is 0. The molecule has 0 bridgehead atoms. The van der Waals surface area contributed by atoms with E-state index >= 15 is 0 Å². The van der Waals surface area contributed by atoms with Crippen molar-refractivity contribution in [1.82, 2.24) is 47.9 Å². The fourth-order valence-electron chi connectivity index (χ4n) is 8.60. The normalized spacial score (nSPS) is 26.6. The van der Waals surface area contributed by atoms with Gasteiger partial charge in [-0.3, -0.25) is 43.2 Å². The molecule has 1 aliphatic heterocycles. The molecular weight excluding hydrogens is 1010 g/mol. The number of carbonyl (C=O) groups excluding carboxylic acids is 10. The number of aliphatic hydroxyl groups is 1. The lowest BCUT2D eigenvalue weighted by atomic mass is 9.96. The van der Waals surface area contributed by atoms with Crippen molar-refractivity contribution in [2.45, 2.75) is 188 Å². The van der Waals surface area contributed by atoms with Crippen molar-refractivity contribution in [2.24, 2.45) is 46.8 Å². The molecule has 1 aromatic carbocycles. The maximum atomic E-state index is 14.5. The Labute approximate surface area is 459 Å². The molecular formula is C54H92N12O12. The van der Waals surface area contributed by atoms with Crippen molar-refractivity contribution in [3.8, 4) is 0 Å². The molecule has 24 nitrogen and oxygen atoms in total. The lowest BCUT2D eigenvalue weighted by Crippen LogP contribution is -2.61. The van der Waals surface area contributed by atoms with Gasteiger partial charge < -0.3 is 74.9 Å². The summed E-state index contributed by atoms with van der Waals surface area (Å²) in [4.78, 5) is 141. The van der Waals surface area contributed by atoms with Crippen LogP contribution in [-0.4, -0.2) is 151 Å². The van der Waals surface area contributed by atoms with Gasteiger partial charge in [0.25, 0.3) is 0 Å². The highest BCUT2D eigenvalue weighted by molar-refractivity contribution is 5.98. The lowest BCUT2D eigenvalue weighted by Gasteiger charge is -2.30. The van der Waals surface area contributed by atoms with E-state index in [9.17, 15) is 53.1 Å². The number of ether oxygens (including phenoxy) is 1. The first-order valence-corrected chi connectivity index (χ1v) is 27.5. The molecule has 16 N–H and O–H groups in total. The molecule has 0 radical (unpaired) electrons. The van der Waals surface area contributed by atoms with Crippen LogP contribution in [0.25, 0.3) is 0 Å². The van der Waals surface area contributed by atoms with Gasteiger partial charge in [-0.05, 0) is 86.9 Å². The van der Waals surface area contributed by atoms with E-state index in [1.807, 2.05) is 13.8 Å². The van der Waals surface area contributed by atoms with Crippen molar-refractivity contribution in [3.63, 3.8) is 0 Å². The Bertz CT molecular complexity index is 2130. The Kier molecular flexibility index (Phi) is 30.1. The Balaban J connectivity index is 2.82. The van der Waals surface area contributed by atoms with E-state index in [0.29, 0.717) is 18.4 Å². The minimum absolute atomic E-state index is 0.0541. The van der Waals surface area contributed by atoms with Crippen LogP contribution in [0.2, 0.25) is 0 Å². The molecule has 78 heavy (non-hydrogen) atoms. The van der Waals surface area contributed by atoms with Crippen LogP contribution in [0.4, 0.5) is 0 Å². The van der Waals surface area contributed by atoms with E-state index in [1.165, 1.54) is 0 Å². The number of nitrogens with two attached hydrogens (primary N) is 3. The SMILES string of the molecule is CC[C@H](C)[C@@H]1CC(=O)N[C@@H](CCN)C(=O)N[C@@H]([C@@H](C)CC)C(=O)N[C@@H](CCN)C(=O)N[C@H](Cc2ccccc2)C(=O)N[C@@H](CC(C)C)C(=O)N[C@@H](CCN)C(=O)N[C@H](C(C)C)C(=O)N[C@@H](CC(C)C)C(=O)N[C@@H](CO)C(=O)O1. The molecule has 12 atom stereocenters. The number of esters is 1. The predicted molar refractivity (Wildman–Crippen MR) is 293 cm³/mol.